The third-order valence-electron chi connectivity index (χ3n) is 5.59. The lowest BCUT2D eigenvalue weighted by molar-refractivity contribution is 0.0842. The third kappa shape index (κ3) is 4.29. The fourth-order valence-electron chi connectivity index (χ4n) is 3.69. The first kappa shape index (κ1) is 16.8. The second-order valence-electron chi connectivity index (χ2n) is 7.51. The summed E-state index contributed by atoms with van der Waals surface area (Å²) in [5.74, 6) is 2.39. The standard InChI is InChI=1S/C19H27N3O3/c23-19(25-13-14-1-2-14)22-9-4-16(5-10-22)18-20-8-3-17(21-18)15-6-11-24-12-7-15/h3,8,14-16H,1-2,4-7,9-13H2. The minimum absolute atomic E-state index is 0.151. The second kappa shape index (κ2) is 7.68. The number of nitrogens with zero attached hydrogens (tertiary/aromatic N) is 3. The number of rotatable bonds is 4. The van der Waals surface area contributed by atoms with Gasteiger partial charge in [0.2, 0.25) is 0 Å². The number of ether oxygens (including phenoxy) is 2. The molecule has 0 N–H and O–H groups in total. The average molecular weight is 345 g/mol. The number of amides is 1. The van der Waals surface area contributed by atoms with Gasteiger partial charge in [0.1, 0.15) is 5.82 Å². The lowest BCUT2D eigenvalue weighted by Crippen LogP contribution is -2.38. The maximum atomic E-state index is 12.1. The Balaban J connectivity index is 1.31. The van der Waals surface area contributed by atoms with Crippen molar-refractivity contribution in [1.82, 2.24) is 14.9 Å². The Morgan fingerprint density at radius 1 is 1.12 bits per heavy atom. The van der Waals surface area contributed by atoms with E-state index in [0.717, 1.165) is 63.5 Å². The SMILES string of the molecule is O=C(OCC1CC1)N1CCC(c2nccc(C3CCOCC3)n2)CC1. The molecule has 3 heterocycles. The van der Waals surface area contributed by atoms with Crippen LogP contribution in [0.25, 0.3) is 0 Å². The summed E-state index contributed by atoms with van der Waals surface area (Å²) in [5.41, 5.74) is 1.15. The smallest absolute Gasteiger partial charge is 0.409 e. The Morgan fingerprint density at radius 2 is 1.88 bits per heavy atom. The molecule has 0 atom stereocenters. The van der Waals surface area contributed by atoms with E-state index >= 15 is 0 Å². The molecule has 0 unspecified atom stereocenters. The van der Waals surface area contributed by atoms with Crippen molar-refractivity contribution in [3.8, 4) is 0 Å². The molecule has 25 heavy (non-hydrogen) atoms. The quantitative estimate of drug-likeness (QED) is 0.839. The number of aromatic nitrogens is 2. The van der Waals surface area contributed by atoms with Crippen molar-refractivity contribution < 1.29 is 14.3 Å². The van der Waals surface area contributed by atoms with E-state index in [9.17, 15) is 4.79 Å². The van der Waals surface area contributed by atoms with Crippen LogP contribution < -0.4 is 0 Å². The Labute approximate surface area is 148 Å². The van der Waals surface area contributed by atoms with E-state index in [1.54, 1.807) is 0 Å². The molecule has 0 bridgehead atoms. The zero-order valence-corrected chi connectivity index (χ0v) is 14.7. The van der Waals surface area contributed by atoms with Gasteiger partial charge in [-0.25, -0.2) is 14.8 Å². The Hall–Kier alpha value is -1.69. The summed E-state index contributed by atoms with van der Waals surface area (Å²) in [6.45, 7) is 3.71. The fraction of sp³-hybridized carbons (Fsp3) is 0.737. The van der Waals surface area contributed by atoms with Crippen molar-refractivity contribution in [2.75, 3.05) is 32.9 Å². The van der Waals surface area contributed by atoms with E-state index in [1.165, 1.54) is 12.8 Å². The molecule has 2 aliphatic heterocycles. The van der Waals surface area contributed by atoms with E-state index < -0.39 is 0 Å². The first-order valence-electron chi connectivity index (χ1n) is 9.62. The maximum absolute atomic E-state index is 12.1. The monoisotopic (exact) mass is 345 g/mol. The molecule has 1 aliphatic carbocycles. The molecular formula is C19H27N3O3. The highest BCUT2D eigenvalue weighted by Gasteiger charge is 2.29. The molecule has 6 heteroatoms. The Kier molecular flexibility index (Phi) is 5.15. The average Bonchev–Trinajstić information content (AvgIpc) is 3.52. The highest BCUT2D eigenvalue weighted by molar-refractivity contribution is 5.67. The molecule has 1 aromatic heterocycles. The normalized spacial score (nSPS) is 22.8. The van der Waals surface area contributed by atoms with E-state index in [2.05, 4.69) is 4.98 Å². The summed E-state index contributed by atoms with van der Waals surface area (Å²) in [7, 11) is 0. The molecule has 0 radical (unpaired) electrons. The lowest BCUT2D eigenvalue weighted by Gasteiger charge is -2.31. The second-order valence-corrected chi connectivity index (χ2v) is 7.51. The predicted octanol–water partition coefficient (Wildman–Crippen LogP) is 3.10. The van der Waals surface area contributed by atoms with Gasteiger partial charge in [0, 0.05) is 50.0 Å². The first-order valence-corrected chi connectivity index (χ1v) is 9.62. The molecule has 136 valence electrons. The number of likely N-dealkylation sites (tertiary alicyclic amines) is 1. The van der Waals surface area contributed by atoms with Crippen LogP contribution in [-0.2, 0) is 9.47 Å². The summed E-state index contributed by atoms with van der Waals surface area (Å²) >= 11 is 0. The summed E-state index contributed by atoms with van der Waals surface area (Å²) in [6.07, 6.45) is 8.06. The topological polar surface area (TPSA) is 64.5 Å². The lowest BCUT2D eigenvalue weighted by atomic mass is 9.94. The van der Waals surface area contributed by atoms with Gasteiger partial charge in [0.25, 0.3) is 0 Å². The molecular weight excluding hydrogens is 318 g/mol. The minimum atomic E-state index is -0.151. The van der Waals surface area contributed by atoms with Gasteiger partial charge in [-0.2, -0.15) is 0 Å². The molecule has 2 saturated heterocycles. The van der Waals surface area contributed by atoms with Crippen molar-refractivity contribution in [1.29, 1.82) is 0 Å². The Bertz CT molecular complexity index is 591. The first-order chi connectivity index (χ1) is 12.3. The summed E-state index contributed by atoms with van der Waals surface area (Å²) < 4.78 is 10.8. The van der Waals surface area contributed by atoms with Crippen LogP contribution >= 0.6 is 0 Å². The van der Waals surface area contributed by atoms with Crippen LogP contribution in [0.2, 0.25) is 0 Å². The van der Waals surface area contributed by atoms with Gasteiger partial charge in [-0.1, -0.05) is 0 Å². The molecule has 1 amide bonds. The zero-order chi connectivity index (χ0) is 17.1. The summed E-state index contributed by atoms with van der Waals surface area (Å²) in [6, 6.07) is 2.05. The van der Waals surface area contributed by atoms with Crippen molar-refractivity contribution in [3.63, 3.8) is 0 Å². The van der Waals surface area contributed by atoms with Crippen LogP contribution in [0.3, 0.4) is 0 Å². The van der Waals surface area contributed by atoms with E-state index in [-0.39, 0.29) is 6.09 Å². The molecule has 3 aliphatic rings. The van der Waals surface area contributed by atoms with Gasteiger partial charge in [-0.3, -0.25) is 0 Å². The number of hydrogen-bond acceptors (Lipinski definition) is 5. The number of hydrogen-bond donors (Lipinski definition) is 0. The number of piperidine rings is 1. The van der Waals surface area contributed by atoms with Gasteiger partial charge in [-0.05, 0) is 50.5 Å². The molecule has 4 rings (SSSR count). The van der Waals surface area contributed by atoms with Crippen molar-refractivity contribution >= 4 is 6.09 Å². The van der Waals surface area contributed by atoms with E-state index in [1.807, 2.05) is 17.2 Å². The van der Waals surface area contributed by atoms with Gasteiger partial charge < -0.3 is 14.4 Å². The maximum Gasteiger partial charge on any atom is 0.409 e. The van der Waals surface area contributed by atoms with E-state index in [0.29, 0.717) is 24.4 Å². The zero-order valence-electron chi connectivity index (χ0n) is 14.7. The minimum Gasteiger partial charge on any atom is -0.449 e. The summed E-state index contributed by atoms with van der Waals surface area (Å²) in [5, 5.41) is 0. The van der Waals surface area contributed by atoms with Crippen molar-refractivity contribution in [3.05, 3.63) is 23.8 Å². The molecule has 1 aromatic rings. The highest BCUT2D eigenvalue weighted by Crippen LogP contribution is 2.31. The van der Waals surface area contributed by atoms with Gasteiger partial charge in [-0.15, -0.1) is 0 Å². The molecule has 0 aromatic carbocycles. The van der Waals surface area contributed by atoms with Gasteiger partial charge in [0.05, 0.1) is 6.61 Å². The van der Waals surface area contributed by atoms with Crippen LogP contribution in [0.1, 0.15) is 61.9 Å². The van der Waals surface area contributed by atoms with Crippen LogP contribution in [0.5, 0.6) is 0 Å². The summed E-state index contributed by atoms with van der Waals surface area (Å²) in [4.78, 5) is 23.3. The van der Waals surface area contributed by atoms with Crippen molar-refractivity contribution in [2.24, 2.45) is 5.92 Å². The van der Waals surface area contributed by atoms with Crippen molar-refractivity contribution in [2.45, 2.75) is 50.4 Å². The fourth-order valence-corrected chi connectivity index (χ4v) is 3.69. The van der Waals surface area contributed by atoms with Crippen LogP contribution in [0, 0.1) is 5.92 Å². The number of carbonyl (C=O) groups excluding carboxylic acids is 1. The largest absolute Gasteiger partial charge is 0.449 e. The molecule has 0 spiro atoms. The molecule has 3 fully saturated rings. The molecule has 6 nitrogen and oxygen atoms in total. The van der Waals surface area contributed by atoms with Crippen LogP contribution in [0.4, 0.5) is 4.79 Å². The Morgan fingerprint density at radius 3 is 2.60 bits per heavy atom. The molecule has 1 saturated carbocycles. The predicted molar refractivity (Wildman–Crippen MR) is 92.4 cm³/mol. The van der Waals surface area contributed by atoms with Gasteiger partial charge in [0.15, 0.2) is 0 Å². The van der Waals surface area contributed by atoms with Gasteiger partial charge >= 0.3 is 6.09 Å². The number of carbonyl (C=O) groups is 1. The third-order valence-corrected chi connectivity index (χ3v) is 5.59. The highest BCUT2D eigenvalue weighted by atomic mass is 16.6. The van der Waals surface area contributed by atoms with Crippen LogP contribution in [0.15, 0.2) is 12.3 Å². The van der Waals surface area contributed by atoms with Crippen LogP contribution in [-0.4, -0.2) is 53.9 Å². The van der Waals surface area contributed by atoms with E-state index in [4.69, 9.17) is 14.5 Å².